The Labute approximate surface area is 412 Å². The molecule has 0 unspecified atom stereocenters. The molecule has 392 valence electrons. The van der Waals surface area contributed by atoms with Crippen molar-refractivity contribution in [3.63, 3.8) is 0 Å². The van der Waals surface area contributed by atoms with Gasteiger partial charge in [-0.3, -0.25) is 14.4 Å². The highest BCUT2D eigenvalue weighted by Crippen LogP contribution is 2.18. The number of carbonyl (C=O) groups is 3. The van der Waals surface area contributed by atoms with Crippen molar-refractivity contribution in [3.8, 4) is 0 Å². The summed E-state index contributed by atoms with van der Waals surface area (Å²) >= 11 is 0. The second-order valence-corrected chi connectivity index (χ2v) is 21.6. The van der Waals surface area contributed by atoms with E-state index >= 15 is 0 Å². The van der Waals surface area contributed by atoms with Crippen LogP contribution in [0.4, 0.5) is 0 Å². The highest BCUT2D eigenvalue weighted by Gasteiger charge is 2.19. The number of carbonyl (C=O) groups excluding carboxylic acids is 3. The third-order valence-electron chi connectivity index (χ3n) is 13.7. The minimum atomic E-state index is -0.762. The fourth-order valence-electron chi connectivity index (χ4n) is 9.23. The Kier molecular flexibility index (Phi) is 51.5. The van der Waals surface area contributed by atoms with E-state index < -0.39 is 6.10 Å². The summed E-state index contributed by atoms with van der Waals surface area (Å²) in [4.78, 5) is 38.2. The van der Waals surface area contributed by atoms with E-state index in [9.17, 15) is 14.4 Å². The van der Waals surface area contributed by atoms with Crippen LogP contribution in [0.15, 0.2) is 0 Å². The van der Waals surface area contributed by atoms with Gasteiger partial charge in [0.25, 0.3) is 0 Å². The molecule has 0 saturated heterocycles. The fourth-order valence-corrected chi connectivity index (χ4v) is 9.23. The van der Waals surface area contributed by atoms with Crippen molar-refractivity contribution < 1.29 is 28.6 Å². The van der Waals surface area contributed by atoms with Crippen molar-refractivity contribution in [3.05, 3.63) is 0 Å². The average Bonchev–Trinajstić information content (AvgIpc) is 3.29. The predicted molar refractivity (Wildman–Crippen MR) is 284 cm³/mol. The number of rotatable bonds is 54. The molecule has 0 amide bonds. The van der Waals surface area contributed by atoms with E-state index in [1.807, 2.05) is 0 Å². The Bertz CT molecular complexity index is 1010. The Morgan fingerprint density at radius 3 is 0.742 bits per heavy atom. The van der Waals surface area contributed by atoms with Crippen molar-refractivity contribution in [1.82, 2.24) is 0 Å². The van der Waals surface area contributed by atoms with Crippen LogP contribution in [0.1, 0.15) is 336 Å². The quantitative estimate of drug-likeness (QED) is 0.0343. The van der Waals surface area contributed by atoms with Crippen LogP contribution in [0.2, 0.25) is 0 Å². The topological polar surface area (TPSA) is 78.9 Å². The van der Waals surface area contributed by atoms with Gasteiger partial charge in [-0.2, -0.15) is 0 Å². The van der Waals surface area contributed by atoms with Gasteiger partial charge >= 0.3 is 17.9 Å². The monoisotopic (exact) mass is 933 g/mol. The number of hydrogen-bond acceptors (Lipinski definition) is 6. The van der Waals surface area contributed by atoms with Gasteiger partial charge in [-0.25, -0.2) is 0 Å². The first-order valence-corrected chi connectivity index (χ1v) is 29.7. The Balaban J connectivity index is 4.26. The molecule has 0 N–H and O–H groups in total. The minimum Gasteiger partial charge on any atom is -0.462 e. The molecule has 1 atom stereocenters. The van der Waals surface area contributed by atoms with Gasteiger partial charge in [-0.05, 0) is 31.1 Å². The molecule has 0 aliphatic rings. The summed E-state index contributed by atoms with van der Waals surface area (Å²) in [5.41, 5.74) is 0. The first kappa shape index (κ1) is 64.4. The summed E-state index contributed by atoms with van der Waals surface area (Å²) in [6.45, 7) is 11.4. The van der Waals surface area contributed by atoms with Crippen LogP contribution >= 0.6 is 0 Å². The van der Waals surface area contributed by atoms with Crippen molar-refractivity contribution in [2.45, 2.75) is 343 Å². The summed E-state index contributed by atoms with van der Waals surface area (Å²) < 4.78 is 16.9. The lowest BCUT2D eigenvalue weighted by atomic mass is 10.0. The highest BCUT2D eigenvalue weighted by molar-refractivity contribution is 5.71. The molecule has 0 aliphatic carbocycles. The second-order valence-electron chi connectivity index (χ2n) is 21.6. The first-order chi connectivity index (χ1) is 32.2. The second kappa shape index (κ2) is 52.8. The van der Waals surface area contributed by atoms with Crippen molar-refractivity contribution >= 4 is 17.9 Å². The standard InChI is InChI=1S/C60H116O6/c1-6-7-8-9-10-11-12-25-30-35-40-45-50-58(61)64-53-57(66-60(63)52-47-42-37-32-27-22-18-17-20-24-29-34-39-44-49-56(4)5)54-65-59(62)51-46-41-36-31-26-21-16-14-13-15-19-23-28-33-38-43-48-55(2)3/h55-57H,6-54H2,1-5H3/t57-/m0/s1. The van der Waals surface area contributed by atoms with E-state index in [0.717, 1.165) is 69.6 Å². The smallest absolute Gasteiger partial charge is 0.306 e. The molecule has 0 aromatic carbocycles. The summed E-state index contributed by atoms with van der Waals surface area (Å²) in [6.07, 6.45) is 56.7. The number of unbranched alkanes of at least 4 members (excludes halogenated alkanes) is 39. The van der Waals surface area contributed by atoms with E-state index in [2.05, 4.69) is 34.6 Å². The molecule has 66 heavy (non-hydrogen) atoms. The molecule has 6 nitrogen and oxygen atoms in total. The summed E-state index contributed by atoms with van der Waals surface area (Å²) in [5, 5.41) is 0. The lowest BCUT2D eigenvalue weighted by Gasteiger charge is -2.18. The van der Waals surface area contributed by atoms with Gasteiger partial charge in [-0.1, -0.05) is 298 Å². The van der Waals surface area contributed by atoms with E-state index in [1.165, 1.54) is 225 Å². The number of ether oxygens (including phenoxy) is 3. The van der Waals surface area contributed by atoms with Crippen LogP contribution in [0, 0.1) is 11.8 Å². The average molecular weight is 934 g/mol. The SMILES string of the molecule is CCCCCCCCCCCCCCC(=O)OC[C@@H](COC(=O)CCCCCCCCCCCCCCCCCCC(C)C)OC(=O)CCCCCCCCCCCCCCCCC(C)C. The lowest BCUT2D eigenvalue weighted by molar-refractivity contribution is -0.167. The molecular weight excluding hydrogens is 817 g/mol. The van der Waals surface area contributed by atoms with Gasteiger partial charge in [0, 0.05) is 19.3 Å². The molecule has 0 aromatic heterocycles. The van der Waals surface area contributed by atoms with Crippen LogP contribution < -0.4 is 0 Å². The van der Waals surface area contributed by atoms with E-state index in [1.54, 1.807) is 0 Å². The van der Waals surface area contributed by atoms with Crippen LogP contribution in [0.25, 0.3) is 0 Å². The first-order valence-electron chi connectivity index (χ1n) is 29.7. The zero-order valence-electron chi connectivity index (χ0n) is 45.3. The molecule has 6 heteroatoms. The molecular formula is C60H116O6. The molecule has 0 aromatic rings. The molecule has 0 rings (SSSR count). The molecule has 0 heterocycles. The van der Waals surface area contributed by atoms with E-state index in [-0.39, 0.29) is 31.1 Å². The maximum absolute atomic E-state index is 12.9. The Morgan fingerprint density at radius 1 is 0.288 bits per heavy atom. The number of esters is 3. The number of hydrogen-bond donors (Lipinski definition) is 0. The van der Waals surface area contributed by atoms with Gasteiger partial charge < -0.3 is 14.2 Å². The molecule has 0 saturated carbocycles. The molecule has 0 aliphatic heterocycles. The molecule has 0 bridgehead atoms. The van der Waals surface area contributed by atoms with Crippen LogP contribution in [0.3, 0.4) is 0 Å². The van der Waals surface area contributed by atoms with Gasteiger partial charge in [0.1, 0.15) is 13.2 Å². The van der Waals surface area contributed by atoms with Gasteiger partial charge in [-0.15, -0.1) is 0 Å². The summed E-state index contributed by atoms with van der Waals surface area (Å²) in [7, 11) is 0. The third kappa shape index (κ3) is 53.4. The normalized spacial score (nSPS) is 12.0. The van der Waals surface area contributed by atoms with Crippen LogP contribution in [-0.4, -0.2) is 37.2 Å². The van der Waals surface area contributed by atoms with Gasteiger partial charge in [0.15, 0.2) is 6.10 Å². The Morgan fingerprint density at radius 2 is 0.500 bits per heavy atom. The van der Waals surface area contributed by atoms with Crippen molar-refractivity contribution in [2.75, 3.05) is 13.2 Å². The predicted octanol–water partition coefficient (Wildman–Crippen LogP) is 19.7. The van der Waals surface area contributed by atoms with Crippen molar-refractivity contribution in [1.29, 1.82) is 0 Å². The zero-order chi connectivity index (χ0) is 48.2. The van der Waals surface area contributed by atoms with E-state index in [0.29, 0.717) is 19.3 Å². The maximum atomic E-state index is 12.9. The van der Waals surface area contributed by atoms with E-state index in [4.69, 9.17) is 14.2 Å². The molecule has 0 fully saturated rings. The highest BCUT2D eigenvalue weighted by atomic mass is 16.6. The van der Waals surface area contributed by atoms with Crippen LogP contribution in [-0.2, 0) is 28.6 Å². The van der Waals surface area contributed by atoms with Crippen LogP contribution in [0.5, 0.6) is 0 Å². The zero-order valence-corrected chi connectivity index (χ0v) is 45.3. The van der Waals surface area contributed by atoms with Gasteiger partial charge in [0.2, 0.25) is 0 Å². The van der Waals surface area contributed by atoms with Crippen molar-refractivity contribution in [2.24, 2.45) is 11.8 Å². The summed E-state index contributed by atoms with van der Waals surface area (Å²) in [5.74, 6) is 0.860. The maximum Gasteiger partial charge on any atom is 0.306 e. The van der Waals surface area contributed by atoms with Gasteiger partial charge in [0.05, 0.1) is 0 Å². The fraction of sp³-hybridized carbons (Fsp3) is 0.950. The Hall–Kier alpha value is -1.59. The third-order valence-corrected chi connectivity index (χ3v) is 13.7. The molecule has 0 radical (unpaired) electrons. The molecule has 0 spiro atoms. The summed E-state index contributed by atoms with van der Waals surface area (Å²) in [6, 6.07) is 0. The minimum absolute atomic E-state index is 0.0623. The largest absolute Gasteiger partial charge is 0.462 e. The lowest BCUT2D eigenvalue weighted by Crippen LogP contribution is -2.30.